The number of hydrogen-bond donors (Lipinski definition) is 1. The van der Waals surface area contributed by atoms with E-state index in [1.807, 2.05) is 0 Å². The van der Waals surface area contributed by atoms with Gasteiger partial charge in [-0.1, -0.05) is 0 Å². The highest BCUT2D eigenvalue weighted by Crippen LogP contribution is 2.28. The van der Waals surface area contributed by atoms with E-state index in [1.165, 1.54) is 24.5 Å². The van der Waals surface area contributed by atoms with Gasteiger partial charge in [0, 0.05) is 17.6 Å². The van der Waals surface area contributed by atoms with Crippen molar-refractivity contribution in [1.29, 1.82) is 0 Å². The summed E-state index contributed by atoms with van der Waals surface area (Å²) < 4.78 is 21.8. The molecule has 14 heavy (non-hydrogen) atoms. The fourth-order valence-electron chi connectivity index (χ4n) is 0.899. The summed E-state index contributed by atoms with van der Waals surface area (Å²) in [6.45, 7) is 0. The van der Waals surface area contributed by atoms with E-state index in [0.29, 0.717) is 10.9 Å². The highest BCUT2D eigenvalue weighted by molar-refractivity contribution is 7.07. The van der Waals surface area contributed by atoms with Crippen LogP contribution in [0.2, 0.25) is 0 Å². The molecule has 1 heterocycles. The van der Waals surface area contributed by atoms with Crippen LogP contribution in [-0.2, 0) is 0 Å². The van der Waals surface area contributed by atoms with Crippen molar-refractivity contribution in [2.75, 3.05) is 5.73 Å². The molecule has 72 valence electrons. The van der Waals surface area contributed by atoms with Gasteiger partial charge in [-0.05, 0) is 12.1 Å². The van der Waals surface area contributed by atoms with E-state index in [2.05, 4.69) is 9.36 Å². The van der Waals surface area contributed by atoms with Crippen molar-refractivity contribution in [3.63, 3.8) is 0 Å². The van der Waals surface area contributed by atoms with Gasteiger partial charge in [0.15, 0.2) is 5.75 Å². The van der Waals surface area contributed by atoms with E-state index in [4.69, 9.17) is 10.5 Å². The van der Waals surface area contributed by atoms with Gasteiger partial charge in [0.2, 0.25) is 0 Å². The number of nitrogens with two attached hydrogens (primary N) is 1. The molecule has 2 N–H and O–H groups in total. The Kier molecular flexibility index (Phi) is 2.28. The minimum absolute atomic E-state index is 0.252. The van der Waals surface area contributed by atoms with Crippen molar-refractivity contribution < 1.29 is 9.13 Å². The van der Waals surface area contributed by atoms with E-state index in [-0.39, 0.29) is 5.75 Å². The Hall–Kier alpha value is -1.69. The number of hydrogen-bond acceptors (Lipinski definition) is 5. The molecule has 0 amide bonds. The van der Waals surface area contributed by atoms with Gasteiger partial charge in [-0.25, -0.2) is 4.39 Å². The van der Waals surface area contributed by atoms with E-state index in [9.17, 15) is 4.39 Å². The standard InChI is InChI=1S/C8H6FN3OS/c9-5-1-2-6(10)7(3-5)13-8-11-4-12-14-8/h1-4H,10H2. The number of halogens is 1. The molecule has 0 radical (unpaired) electrons. The maximum Gasteiger partial charge on any atom is 0.298 e. The highest BCUT2D eigenvalue weighted by atomic mass is 32.1. The molecule has 0 bridgehead atoms. The monoisotopic (exact) mass is 211 g/mol. The number of rotatable bonds is 2. The second-order valence-electron chi connectivity index (χ2n) is 2.49. The first-order valence-corrected chi connectivity index (χ1v) is 4.52. The van der Waals surface area contributed by atoms with Gasteiger partial charge in [-0.3, -0.25) is 0 Å². The topological polar surface area (TPSA) is 61.0 Å². The average molecular weight is 211 g/mol. The Bertz CT molecular complexity index is 432. The summed E-state index contributed by atoms with van der Waals surface area (Å²) in [5.74, 6) is -0.152. The number of anilines is 1. The Morgan fingerprint density at radius 1 is 1.43 bits per heavy atom. The first kappa shape index (κ1) is 8.89. The Balaban J connectivity index is 2.28. The summed E-state index contributed by atoms with van der Waals surface area (Å²) in [5, 5.41) is 0.335. The van der Waals surface area contributed by atoms with Crippen LogP contribution < -0.4 is 10.5 Å². The third-order valence-electron chi connectivity index (χ3n) is 1.51. The van der Waals surface area contributed by atoms with Gasteiger partial charge in [-0.15, -0.1) is 0 Å². The summed E-state index contributed by atoms with van der Waals surface area (Å²) in [4.78, 5) is 3.79. The van der Waals surface area contributed by atoms with Crippen LogP contribution >= 0.6 is 11.5 Å². The Morgan fingerprint density at radius 2 is 2.29 bits per heavy atom. The van der Waals surface area contributed by atoms with Crippen LogP contribution in [0, 0.1) is 5.82 Å². The quantitative estimate of drug-likeness (QED) is 0.772. The Labute approximate surface area is 83.3 Å². The summed E-state index contributed by atoms with van der Waals surface area (Å²) >= 11 is 1.07. The van der Waals surface area contributed by atoms with E-state index >= 15 is 0 Å². The van der Waals surface area contributed by atoms with Gasteiger partial charge in [0.05, 0.1) is 5.69 Å². The zero-order valence-electron chi connectivity index (χ0n) is 6.98. The molecule has 4 nitrogen and oxygen atoms in total. The number of benzene rings is 1. The first-order valence-electron chi connectivity index (χ1n) is 3.75. The third-order valence-corrected chi connectivity index (χ3v) is 2.06. The van der Waals surface area contributed by atoms with Crippen molar-refractivity contribution in [2.45, 2.75) is 0 Å². The Morgan fingerprint density at radius 3 is 3.00 bits per heavy atom. The molecule has 0 saturated carbocycles. The van der Waals surface area contributed by atoms with Crippen LogP contribution in [0.4, 0.5) is 10.1 Å². The molecule has 1 aromatic carbocycles. The van der Waals surface area contributed by atoms with Crippen molar-refractivity contribution >= 4 is 17.2 Å². The lowest BCUT2D eigenvalue weighted by atomic mass is 10.3. The molecule has 2 rings (SSSR count). The molecule has 0 aliphatic rings. The van der Waals surface area contributed by atoms with Crippen LogP contribution in [0.5, 0.6) is 10.9 Å². The third kappa shape index (κ3) is 1.80. The van der Waals surface area contributed by atoms with Crippen molar-refractivity contribution in [3.05, 3.63) is 30.3 Å². The normalized spacial score (nSPS) is 10.1. The predicted molar refractivity (Wildman–Crippen MR) is 50.8 cm³/mol. The average Bonchev–Trinajstić information content (AvgIpc) is 2.64. The molecule has 0 unspecified atom stereocenters. The van der Waals surface area contributed by atoms with Crippen molar-refractivity contribution in [1.82, 2.24) is 9.36 Å². The first-order chi connectivity index (χ1) is 6.75. The second-order valence-corrected chi connectivity index (χ2v) is 3.23. The minimum Gasteiger partial charge on any atom is -0.428 e. The number of nitrogens with zero attached hydrogens (tertiary/aromatic N) is 2. The van der Waals surface area contributed by atoms with Gasteiger partial charge < -0.3 is 10.5 Å². The van der Waals surface area contributed by atoms with Gasteiger partial charge >= 0.3 is 0 Å². The summed E-state index contributed by atoms with van der Waals surface area (Å²) in [6, 6.07) is 3.91. The molecular weight excluding hydrogens is 205 g/mol. The lowest BCUT2D eigenvalue weighted by Gasteiger charge is -2.03. The molecule has 0 aliphatic heterocycles. The molecular formula is C8H6FN3OS. The van der Waals surface area contributed by atoms with Crippen LogP contribution in [0.15, 0.2) is 24.5 Å². The van der Waals surface area contributed by atoms with Crippen molar-refractivity contribution in [2.24, 2.45) is 0 Å². The van der Waals surface area contributed by atoms with Gasteiger partial charge in [0.1, 0.15) is 12.1 Å². The number of nitrogen functional groups attached to an aromatic ring is 1. The van der Waals surface area contributed by atoms with Crippen LogP contribution in [0.1, 0.15) is 0 Å². The molecule has 0 aliphatic carbocycles. The van der Waals surface area contributed by atoms with Gasteiger partial charge in [-0.2, -0.15) is 9.36 Å². The zero-order chi connectivity index (χ0) is 9.97. The smallest absolute Gasteiger partial charge is 0.298 e. The molecule has 6 heteroatoms. The highest BCUT2D eigenvalue weighted by Gasteiger charge is 2.05. The molecule has 2 aromatic rings. The largest absolute Gasteiger partial charge is 0.428 e. The summed E-state index contributed by atoms with van der Waals surface area (Å²) in [6.07, 6.45) is 1.36. The lowest BCUT2D eigenvalue weighted by molar-refractivity contribution is 0.475. The molecule has 0 atom stereocenters. The summed E-state index contributed by atoms with van der Waals surface area (Å²) in [7, 11) is 0. The molecule has 0 spiro atoms. The van der Waals surface area contributed by atoms with Crippen molar-refractivity contribution in [3.8, 4) is 10.9 Å². The minimum atomic E-state index is -0.404. The fourth-order valence-corrected chi connectivity index (χ4v) is 1.30. The lowest BCUT2D eigenvalue weighted by Crippen LogP contribution is -1.92. The van der Waals surface area contributed by atoms with Crippen LogP contribution in [-0.4, -0.2) is 9.36 Å². The maximum atomic E-state index is 12.8. The predicted octanol–water partition coefficient (Wildman–Crippen LogP) is 2.05. The number of aromatic nitrogens is 2. The van der Waals surface area contributed by atoms with E-state index < -0.39 is 5.82 Å². The van der Waals surface area contributed by atoms with Gasteiger partial charge in [0.25, 0.3) is 5.19 Å². The van der Waals surface area contributed by atoms with E-state index in [0.717, 1.165) is 11.5 Å². The summed E-state index contributed by atoms with van der Waals surface area (Å²) in [5.41, 5.74) is 5.93. The van der Waals surface area contributed by atoms with Crippen LogP contribution in [0.25, 0.3) is 0 Å². The SMILES string of the molecule is Nc1ccc(F)cc1Oc1ncns1. The number of ether oxygens (including phenoxy) is 1. The van der Waals surface area contributed by atoms with Crippen LogP contribution in [0.3, 0.4) is 0 Å². The molecule has 0 fully saturated rings. The van der Waals surface area contributed by atoms with E-state index in [1.54, 1.807) is 0 Å². The fraction of sp³-hybridized carbons (Fsp3) is 0. The maximum absolute atomic E-state index is 12.8. The second kappa shape index (κ2) is 3.59. The molecule has 0 saturated heterocycles. The zero-order valence-corrected chi connectivity index (χ0v) is 7.79. The molecule has 1 aromatic heterocycles.